The smallest absolute Gasteiger partial charge is 0.252 e. The normalized spacial score (nSPS) is 17.0. The summed E-state index contributed by atoms with van der Waals surface area (Å²) >= 11 is 0. The summed E-state index contributed by atoms with van der Waals surface area (Å²) < 4.78 is 7.57. The Kier molecular flexibility index (Phi) is 10.3. The highest BCUT2D eigenvalue weighted by molar-refractivity contribution is 5.98. The molecule has 1 aliphatic rings. The first-order valence-electron chi connectivity index (χ1n) is 15.1. The van der Waals surface area contributed by atoms with Gasteiger partial charge in [0.25, 0.3) is 5.91 Å². The fourth-order valence-electron chi connectivity index (χ4n) is 5.45. The third-order valence-electron chi connectivity index (χ3n) is 7.87. The van der Waals surface area contributed by atoms with Gasteiger partial charge in [-0.15, -0.1) is 0 Å². The van der Waals surface area contributed by atoms with Gasteiger partial charge in [0.2, 0.25) is 17.7 Å². The molecule has 13 nitrogen and oxygen atoms in total. The Morgan fingerprint density at radius 3 is 2.74 bits per heavy atom. The lowest BCUT2D eigenvalue weighted by atomic mass is 10.1. The van der Waals surface area contributed by atoms with Gasteiger partial charge in [-0.1, -0.05) is 24.3 Å². The highest BCUT2D eigenvalue weighted by atomic mass is 16.5. The molecular formula is C33H36N8O5. The number of ether oxygens (including phenoxy) is 1. The van der Waals surface area contributed by atoms with Crippen LogP contribution in [0.3, 0.4) is 0 Å². The Morgan fingerprint density at radius 1 is 1.09 bits per heavy atom. The van der Waals surface area contributed by atoms with Crippen molar-refractivity contribution in [1.82, 2.24) is 35.4 Å². The molecule has 46 heavy (non-hydrogen) atoms. The number of carbonyl (C=O) groups is 4. The molecule has 2 aromatic heterocycles. The number of nitrogens with zero attached hydrogens (tertiary/aromatic N) is 4. The molecule has 238 valence electrons. The summed E-state index contributed by atoms with van der Waals surface area (Å²) in [6, 6.07) is 15.4. The monoisotopic (exact) mass is 624 g/mol. The first-order chi connectivity index (χ1) is 22.3. The Hall–Kier alpha value is -5.64. The van der Waals surface area contributed by atoms with Gasteiger partial charge in [-0.25, -0.2) is 4.98 Å². The molecule has 4 N–H and O–H groups in total. The Morgan fingerprint density at radius 2 is 1.93 bits per heavy atom. The van der Waals surface area contributed by atoms with Crippen molar-refractivity contribution in [2.75, 3.05) is 32.8 Å². The van der Waals surface area contributed by atoms with Crippen LogP contribution < -0.4 is 20.7 Å². The Balaban J connectivity index is 1.32. The number of carbonyl (C=O) groups excluding carboxylic acids is 4. The van der Waals surface area contributed by atoms with Crippen molar-refractivity contribution in [1.29, 1.82) is 5.26 Å². The molecule has 2 bridgehead atoms. The Bertz CT molecular complexity index is 1760. The standard InChI is InChI=1S/C33H36N8O5/c1-22-27(17-34)26-9-2-3-10-29(26)41(22)20-31(43)40-13-5-4-11-37-33(45)28(16-24-18-35-21-38-24)39-32(44)23-7-6-8-25(15-23)46-14-12-36-30(42)19-40/h2-3,6-10,15,18,21,28H,4-5,11-14,16,19-20H2,1H3,(H,35,38)(H,36,42)(H,37,45)(H,39,44)/t28-/m0/s1. The molecule has 4 amide bonds. The average molecular weight is 625 g/mol. The number of para-hydroxylation sites is 1. The van der Waals surface area contributed by atoms with Crippen molar-refractivity contribution < 1.29 is 23.9 Å². The van der Waals surface area contributed by atoms with E-state index in [4.69, 9.17) is 4.74 Å². The van der Waals surface area contributed by atoms with Crippen molar-refractivity contribution in [3.8, 4) is 11.8 Å². The van der Waals surface area contributed by atoms with E-state index < -0.39 is 11.9 Å². The molecule has 0 aliphatic carbocycles. The van der Waals surface area contributed by atoms with Crippen LogP contribution in [0.5, 0.6) is 5.75 Å². The number of H-pyrrole nitrogens is 1. The van der Waals surface area contributed by atoms with Crippen LogP contribution >= 0.6 is 0 Å². The summed E-state index contributed by atoms with van der Waals surface area (Å²) in [5, 5.41) is 19.0. The van der Waals surface area contributed by atoms with E-state index >= 15 is 0 Å². The van der Waals surface area contributed by atoms with Crippen LogP contribution in [0, 0.1) is 18.3 Å². The SMILES string of the molecule is Cc1c(C#N)c2ccccc2n1CC(=O)N1CCCCNC(=O)[C@H](Cc2cnc[nH]2)NC(=O)c2cccc(c2)OCCNC(=O)C1. The van der Waals surface area contributed by atoms with Gasteiger partial charge in [0, 0.05) is 48.0 Å². The molecule has 3 heterocycles. The van der Waals surface area contributed by atoms with Crippen molar-refractivity contribution in [2.45, 2.75) is 38.8 Å². The lowest BCUT2D eigenvalue weighted by molar-refractivity contribution is -0.136. The fraction of sp³-hybridized carbons (Fsp3) is 0.333. The van der Waals surface area contributed by atoms with Crippen LogP contribution in [0.25, 0.3) is 10.9 Å². The summed E-state index contributed by atoms with van der Waals surface area (Å²) in [5.74, 6) is -0.974. The minimum Gasteiger partial charge on any atom is -0.492 e. The van der Waals surface area contributed by atoms with E-state index in [1.54, 1.807) is 42.0 Å². The molecule has 0 radical (unpaired) electrons. The summed E-state index contributed by atoms with van der Waals surface area (Å²) in [6.45, 7) is 2.53. The third kappa shape index (κ3) is 7.71. The minimum atomic E-state index is -0.863. The number of benzene rings is 2. The highest BCUT2D eigenvalue weighted by Gasteiger charge is 2.24. The first-order valence-corrected chi connectivity index (χ1v) is 15.1. The molecule has 2 aromatic carbocycles. The summed E-state index contributed by atoms with van der Waals surface area (Å²) in [7, 11) is 0. The quantitative estimate of drug-likeness (QED) is 0.268. The van der Waals surface area contributed by atoms with Gasteiger partial charge in [-0.05, 0) is 44.0 Å². The third-order valence-corrected chi connectivity index (χ3v) is 7.87. The summed E-state index contributed by atoms with van der Waals surface area (Å²) in [6.07, 6.45) is 4.37. The topological polar surface area (TPSA) is 174 Å². The molecule has 1 aliphatic heterocycles. The van der Waals surface area contributed by atoms with E-state index in [0.717, 1.165) is 10.9 Å². The van der Waals surface area contributed by atoms with Crippen molar-refractivity contribution in [2.24, 2.45) is 0 Å². The van der Waals surface area contributed by atoms with Gasteiger partial charge in [0.15, 0.2) is 0 Å². The molecule has 0 fully saturated rings. The predicted octanol–water partition coefficient (Wildman–Crippen LogP) is 1.82. The van der Waals surface area contributed by atoms with Crippen LogP contribution in [0.4, 0.5) is 0 Å². The van der Waals surface area contributed by atoms with E-state index in [9.17, 15) is 24.4 Å². The number of nitriles is 1. The number of hydrogen-bond acceptors (Lipinski definition) is 7. The number of hydrogen-bond donors (Lipinski definition) is 4. The summed E-state index contributed by atoms with van der Waals surface area (Å²) in [5.41, 5.74) is 2.98. The second-order valence-corrected chi connectivity index (χ2v) is 11.0. The largest absolute Gasteiger partial charge is 0.492 e. The zero-order valence-electron chi connectivity index (χ0n) is 25.5. The number of nitrogens with one attached hydrogen (secondary N) is 4. The number of imidazole rings is 1. The highest BCUT2D eigenvalue weighted by Crippen LogP contribution is 2.25. The van der Waals surface area contributed by atoms with Gasteiger partial charge in [0.05, 0.1) is 30.5 Å². The molecule has 0 saturated carbocycles. The van der Waals surface area contributed by atoms with E-state index in [1.807, 2.05) is 24.3 Å². The molecule has 13 heteroatoms. The Labute approximate surface area is 265 Å². The van der Waals surface area contributed by atoms with E-state index in [1.165, 1.54) is 11.2 Å². The van der Waals surface area contributed by atoms with Gasteiger partial charge in [-0.3, -0.25) is 19.2 Å². The number of amides is 4. The van der Waals surface area contributed by atoms with Crippen molar-refractivity contribution in [3.63, 3.8) is 0 Å². The lowest BCUT2D eigenvalue weighted by Crippen LogP contribution is -2.48. The predicted molar refractivity (Wildman–Crippen MR) is 169 cm³/mol. The zero-order valence-corrected chi connectivity index (χ0v) is 25.5. The molecule has 4 aromatic rings. The molecule has 0 saturated heterocycles. The molecule has 0 unspecified atom stereocenters. The maximum absolute atomic E-state index is 13.6. The van der Waals surface area contributed by atoms with Crippen LogP contribution in [0.15, 0.2) is 61.1 Å². The van der Waals surface area contributed by atoms with Crippen molar-refractivity contribution >= 4 is 34.5 Å². The maximum Gasteiger partial charge on any atom is 0.252 e. The lowest BCUT2D eigenvalue weighted by Gasteiger charge is -2.23. The second-order valence-electron chi connectivity index (χ2n) is 11.0. The van der Waals surface area contributed by atoms with Crippen LogP contribution in [-0.4, -0.2) is 81.9 Å². The second kappa shape index (κ2) is 14.9. The van der Waals surface area contributed by atoms with E-state index in [0.29, 0.717) is 47.7 Å². The molecule has 0 spiro atoms. The van der Waals surface area contributed by atoms with Crippen LogP contribution in [0.1, 0.15) is 40.2 Å². The number of aromatic nitrogens is 3. The van der Waals surface area contributed by atoms with E-state index in [2.05, 4.69) is 32.0 Å². The zero-order chi connectivity index (χ0) is 32.5. The van der Waals surface area contributed by atoms with Gasteiger partial charge < -0.3 is 35.1 Å². The van der Waals surface area contributed by atoms with Gasteiger partial charge in [-0.2, -0.15) is 5.26 Å². The van der Waals surface area contributed by atoms with E-state index in [-0.39, 0.29) is 56.9 Å². The van der Waals surface area contributed by atoms with Crippen LogP contribution in [0.2, 0.25) is 0 Å². The maximum atomic E-state index is 13.6. The van der Waals surface area contributed by atoms with Crippen molar-refractivity contribution in [3.05, 3.63) is 83.6 Å². The number of rotatable bonds is 4. The number of fused-ring (bicyclic) bond motifs is 3. The molecular weight excluding hydrogens is 588 g/mol. The van der Waals surface area contributed by atoms with Gasteiger partial charge in [0.1, 0.15) is 31.0 Å². The molecule has 1 atom stereocenters. The van der Waals surface area contributed by atoms with Gasteiger partial charge >= 0.3 is 0 Å². The fourth-order valence-corrected chi connectivity index (χ4v) is 5.45. The number of aromatic amines is 1. The average Bonchev–Trinajstić information content (AvgIpc) is 3.67. The first kappa shape index (κ1) is 31.8. The summed E-state index contributed by atoms with van der Waals surface area (Å²) in [4.78, 5) is 61.3. The minimum absolute atomic E-state index is 0.0352. The molecule has 5 rings (SSSR count). The van der Waals surface area contributed by atoms with Crippen LogP contribution in [-0.2, 0) is 27.3 Å².